The monoisotopic (exact) mass is 505 g/mol. The van der Waals surface area contributed by atoms with Gasteiger partial charge in [-0.25, -0.2) is 14.4 Å². The molecule has 3 aromatic rings. The number of aliphatic hydroxyl groups is 1. The first-order chi connectivity index (χ1) is 16.3. The summed E-state index contributed by atoms with van der Waals surface area (Å²) in [6.07, 6.45) is 3.58. The third-order valence-corrected chi connectivity index (χ3v) is 7.99. The standard InChI is InChI=1S/C24H26Cl2FN5O2/c1-31-8-5-24(6-9-31)7-10-32(23(24)33)18-11-14-17(12-19(18)34-2)28-13-29-22(14)30-16-4-3-15(25)20(26)21(16)27/h3-4,11-13,23,33H,5-10H2,1-2H3,(H,28,29,30). The highest BCUT2D eigenvalue weighted by atomic mass is 35.5. The summed E-state index contributed by atoms with van der Waals surface area (Å²) in [5.74, 6) is 0.365. The number of hydrogen-bond acceptors (Lipinski definition) is 7. The van der Waals surface area contributed by atoms with Crippen LogP contribution in [0.2, 0.25) is 10.0 Å². The molecule has 0 bridgehead atoms. The van der Waals surface area contributed by atoms with Gasteiger partial charge >= 0.3 is 0 Å². The summed E-state index contributed by atoms with van der Waals surface area (Å²) in [6.45, 7) is 2.65. The van der Waals surface area contributed by atoms with Crippen LogP contribution in [0.3, 0.4) is 0 Å². The Morgan fingerprint density at radius 1 is 1.15 bits per heavy atom. The largest absolute Gasteiger partial charge is 0.495 e. The number of nitrogens with zero attached hydrogens (tertiary/aromatic N) is 4. The van der Waals surface area contributed by atoms with Crippen LogP contribution in [-0.4, -0.2) is 60.0 Å². The van der Waals surface area contributed by atoms with E-state index in [0.29, 0.717) is 29.0 Å². The molecule has 2 aromatic carbocycles. The lowest BCUT2D eigenvalue weighted by molar-refractivity contribution is 0.00621. The molecule has 0 saturated carbocycles. The number of methoxy groups -OCH3 is 1. The molecule has 1 unspecified atom stereocenters. The third kappa shape index (κ3) is 3.92. The van der Waals surface area contributed by atoms with Crippen LogP contribution in [0, 0.1) is 11.2 Å². The number of rotatable bonds is 4. The number of aliphatic hydroxyl groups excluding tert-OH is 1. The fourth-order valence-electron chi connectivity index (χ4n) is 5.06. The molecule has 2 N–H and O–H groups in total. The number of piperidine rings is 1. The molecular formula is C24H26Cl2FN5O2. The van der Waals surface area contributed by atoms with Gasteiger partial charge in [-0.3, -0.25) is 0 Å². The molecule has 1 atom stereocenters. The molecule has 0 amide bonds. The Morgan fingerprint density at radius 2 is 1.88 bits per heavy atom. The Kier molecular flexibility index (Phi) is 6.18. The molecule has 3 heterocycles. The maximum Gasteiger partial charge on any atom is 0.166 e. The van der Waals surface area contributed by atoms with Crippen molar-refractivity contribution in [2.75, 3.05) is 44.0 Å². The number of likely N-dealkylation sites (tertiary alicyclic amines) is 1. The second-order valence-electron chi connectivity index (χ2n) is 9.09. The van der Waals surface area contributed by atoms with E-state index in [1.54, 1.807) is 7.11 Å². The minimum Gasteiger partial charge on any atom is -0.495 e. The number of fused-ring (bicyclic) bond motifs is 1. The molecule has 5 rings (SSSR count). The van der Waals surface area contributed by atoms with Crippen LogP contribution < -0.4 is 15.0 Å². The molecule has 180 valence electrons. The number of ether oxygens (including phenoxy) is 1. The summed E-state index contributed by atoms with van der Waals surface area (Å²) in [6, 6.07) is 6.74. The predicted molar refractivity (Wildman–Crippen MR) is 133 cm³/mol. The zero-order chi connectivity index (χ0) is 24.0. The Morgan fingerprint density at radius 3 is 2.62 bits per heavy atom. The lowest BCUT2D eigenvalue weighted by atomic mass is 9.76. The van der Waals surface area contributed by atoms with Crippen LogP contribution in [0.25, 0.3) is 10.9 Å². The van der Waals surface area contributed by atoms with E-state index in [0.717, 1.165) is 38.0 Å². The van der Waals surface area contributed by atoms with Gasteiger partial charge < -0.3 is 25.0 Å². The van der Waals surface area contributed by atoms with E-state index < -0.39 is 12.0 Å². The number of halogens is 3. The molecule has 34 heavy (non-hydrogen) atoms. The van der Waals surface area contributed by atoms with Crippen molar-refractivity contribution in [2.24, 2.45) is 5.41 Å². The SMILES string of the molecule is COc1cc2ncnc(Nc3ccc(Cl)c(Cl)c3F)c2cc1N1CCC2(CCN(C)CC2)C1O. The first kappa shape index (κ1) is 23.4. The molecule has 2 aliphatic heterocycles. The first-order valence-corrected chi connectivity index (χ1v) is 11.9. The molecule has 2 saturated heterocycles. The molecule has 10 heteroatoms. The van der Waals surface area contributed by atoms with Crippen molar-refractivity contribution >= 4 is 51.3 Å². The minimum atomic E-state index is -0.658. The van der Waals surface area contributed by atoms with Crippen LogP contribution in [0.4, 0.5) is 21.6 Å². The van der Waals surface area contributed by atoms with Crippen molar-refractivity contribution in [3.05, 3.63) is 46.5 Å². The van der Waals surface area contributed by atoms with E-state index in [2.05, 4.69) is 27.2 Å². The summed E-state index contributed by atoms with van der Waals surface area (Å²) in [5, 5.41) is 15.1. The van der Waals surface area contributed by atoms with Gasteiger partial charge in [0.2, 0.25) is 0 Å². The second kappa shape index (κ2) is 9.00. The maximum absolute atomic E-state index is 14.7. The van der Waals surface area contributed by atoms with Crippen LogP contribution in [0.5, 0.6) is 5.75 Å². The van der Waals surface area contributed by atoms with Crippen LogP contribution in [0.15, 0.2) is 30.6 Å². The van der Waals surface area contributed by atoms with E-state index in [4.69, 9.17) is 27.9 Å². The zero-order valence-electron chi connectivity index (χ0n) is 19.0. The number of anilines is 3. The van der Waals surface area contributed by atoms with Crippen molar-refractivity contribution in [1.29, 1.82) is 0 Å². The number of aromatic nitrogens is 2. The van der Waals surface area contributed by atoms with E-state index in [1.807, 2.05) is 17.0 Å². The van der Waals surface area contributed by atoms with Crippen LogP contribution >= 0.6 is 23.2 Å². The zero-order valence-corrected chi connectivity index (χ0v) is 20.5. The molecule has 2 fully saturated rings. The van der Waals surface area contributed by atoms with Gasteiger partial charge in [-0.15, -0.1) is 0 Å². The molecule has 0 radical (unpaired) electrons. The van der Waals surface area contributed by atoms with Crippen LogP contribution in [-0.2, 0) is 0 Å². The van der Waals surface area contributed by atoms with Gasteiger partial charge in [-0.2, -0.15) is 0 Å². The van der Waals surface area contributed by atoms with Gasteiger partial charge in [0, 0.05) is 23.4 Å². The Bertz CT molecular complexity index is 1240. The smallest absolute Gasteiger partial charge is 0.166 e. The second-order valence-corrected chi connectivity index (χ2v) is 9.88. The molecule has 1 spiro atoms. The molecule has 1 aromatic heterocycles. The van der Waals surface area contributed by atoms with Gasteiger partial charge in [-0.1, -0.05) is 23.2 Å². The molecule has 0 aliphatic carbocycles. The normalized spacial score (nSPS) is 20.3. The summed E-state index contributed by atoms with van der Waals surface area (Å²) < 4.78 is 20.4. The Hall–Kier alpha value is -2.39. The van der Waals surface area contributed by atoms with Crippen molar-refractivity contribution in [3.63, 3.8) is 0 Å². The molecular weight excluding hydrogens is 480 g/mol. The third-order valence-electron chi connectivity index (χ3n) is 7.21. The highest BCUT2D eigenvalue weighted by molar-refractivity contribution is 6.42. The number of benzene rings is 2. The van der Waals surface area contributed by atoms with Gasteiger partial charge in [0.25, 0.3) is 0 Å². The number of nitrogens with one attached hydrogen (secondary N) is 1. The van der Waals surface area contributed by atoms with E-state index in [9.17, 15) is 9.50 Å². The van der Waals surface area contributed by atoms with E-state index in [1.165, 1.54) is 18.5 Å². The average Bonchev–Trinajstić information content (AvgIpc) is 3.16. The maximum atomic E-state index is 14.7. The van der Waals surface area contributed by atoms with Gasteiger partial charge in [0.1, 0.15) is 24.1 Å². The average molecular weight is 506 g/mol. The van der Waals surface area contributed by atoms with Crippen molar-refractivity contribution in [1.82, 2.24) is 14.9 Å². The van der Waals surface area contributed by atoms with Crippen molar-refractivity contribution in [3.8, 4) is 5.75 Å². The lowest BCUT2D eigenvalue weighted by Gasteiger charge is -2.41. The fraction of sp³-hybridized carbons (Fsp3) is 0.417. The van der Waals surface area contributed by atoms with Crippen LogP contribution in [0.1, 0.15) is 19.3 Å². The summed E-state index contributed by atoms with van der Waals surface area (Å²) in [7, 11) is 3.72. The van der Waals surface area contributed by atoms with Gasteiger partial charge in [-0.05, 0) is 57.6 Å². The van der Waals surface area contributed by atoms with Gasteiger partial charge in [0.15, 0.2) is 5.82 Å². The fourth-order valence-corrected chi connectivity index (χ4v) is 5.37. The van der Waals surface area contributed by atoms with Crippen molar-refractivity contribution < 1.29 is 14.2 Å². The molecule has 2 aliphatic rings. The summed E-state index contributed by atoms with van der Waals surface area (Å²) in [5.41, 5.74) is 1.40. The topological polar surface area (TPSA) is 73.8 Å². The molecule has 7 nitrogen and oxygen atoms in total. The van der Waals surface area contributed by atoms with E-state index in [-0.39, 0.29) is 21.1 Å². The predicted octanol–water partition coefficient (Wildman–Crippen LogP) is 5.07. The highest BCUT2D eigenvalue weighted by Crippen LogP contribution is 2.48. The van der Waals surface area contributed by atoms with Crippen molar-refractivity contribution in [2.45, 2.75) is 25.5 Å². The quantitative estimate of drug-likeness (QED) is 0.479. The number of hydrogen-bond donors (Lipinski definition) is 2. The Labute approximate surface area is 207 Å². The first-order valence-electron chi connectivity index (χ1n) is 11.2. The van der Waals surface area contributed by atoms with Gasteiger partial charge in [0.05, 0.1) is 34.0 Å². The highest BCUT2D eigenvalue weighted by Gasteiger charge is 2.48. The summed E-state index contributed by atoms with van der Waals surface area (Å²) >= 11 is 11.9. The Balaban J connectivity index is 1.54. The lowest BCUT2D eigenvalue weighted by Crippen LogP contribution is -2.46. The summed E-state index contributed by atoms with van der Waals surface area (Å²) in [4.78, 5) is 13.0. The van der Waals surface area contributed by atoms with E-state index >= 15 is 0 Å². The minimum absolute atomic E-state index is 0.134.